The summed E-state index contributed by atoms with van der Waals surface area (Å²) in [5.74, 6) is -2.86. The highest BCUT2D eigenvalue weighted by molar-refractivity contribution is 7.93. The van der Waals surface area contributed by atoms with Gasteiger partial charge in [-0.2, -0.15) is 4.31 Å². The fraction of sp³-hybridized carbons (Fsp3) is 0.429. The van der Waals surface area contributed by atoms with E-state index in [0.29, 0.717) is 35.6 Å². The lowest BCUT2D eigenvalue weighted by Gasteiger charge is -2.48. The lowest BCUT2D eigenvalue weighted by Crippen LogP contribution is -2.69. The topological polar surface area (TPSA) is 152 Å². The van der Waals surface area contributed by atoms with Gasteiger partial charge in [-0.1, -0.05) is 24.1 Å². The van der Waals surface area contributed by atoms with Crippen LogP contribution in [0.4, 0.5) is 18.9 Å². The molecule has 0 saturated carbocycles. The summed E-state index contributed by atoms with van der Waals surface area (Å²) in [4.78, 5) is 28.3. The zero-order valence-corrected chi connectivity index (χ0v) is 30.4. The van der Waals surface area contributed by atoms with E-state index in [0.717, 1.165) is 18.2 Å². The Balaban J connectivity index is 1.88. The minimum Gasteiger partial charge on any atom is -0.497 e. The summed E-state index contributed by atoms with van der Waals surface area (Å²) >= 11 is 6.58. The van der Waals surface area contributed by atoms with E-state index < -0.39 is 61.0 Å². The van der Waals surface area contributed by atoms with E-state index in [1.54, 1.807) is 25.2 Å². The van der Waals surface area contributed by atoms with Gasteiger partial charge in [-0.05, 0) is 67.3 Å². The standard InChI is InChI=1S/C35H39ClF3N3O9S/c1-40-32(45)28-18-23(44)20-42(28,2)34(26-16-21(8-6-5-7-15-43)9-13-29(26)50-4)25-17-22(36)10-12-27(25)41(33(34)46)52(47,48)31-14-11-24(49-3)19-30(31)51-35(37,38)39/h9-14,16-17,19,23,28,43-44H,5-8,15,18,20H2,1-4H3/p+1/t23-,28+,34?,42?/m1/s1. The van der Waals surface area contributed by atoms with Crippen molar-refractivity contribution in [3.05, 3.63) is 76.3 Å². The smallest absolute Gasteiger partial charge is 0.497 e. The first kappa shape index (κ1) is 39.1. The van der Waals surface area contributed by atoms with Gasteiger partial charge in [-0.25, -0.2) is 8.42 Å². The summed E-state index contributed by atoms with van der Waals surface area (Å²) < 4.78 is 85.4. The summed E-state index contributed by atoms with van der Waals surface area (Å²) in [5, 5.41) is 23.1. The van der Waals surface area contributed by atoms with Gasteiger partial charge in [0.15, 0.2) is 11.8 Å². The molecule has 0 bridgehead atoms. The number of carbonyl (C=O) groups is 2. The molecule has 0 aliphatic carbocycles. The second-order valence-corrected chi connectivity index (χ2v) is 15.0. The summed E-state index contributed by atoms with van der Waals surface area (Å²) in [6.07, 6.45) is -4.17. The summed E-state index contributed by atoms with van der Waals surface area (Å²) in [5.41, 5.74) is -1.56. The fourth-order valence-electron chi connectivity index (χ4n) is 7.59. The Kier molecular flexibility index (Phi) is 11.1. The monoisotopic (exact) mass is 770 g/mol. The Morgan fingerprint density at radius 1 is 1.04 bits per heavy atom. The van der Waals surface area contributed by atoms with Crippen LogP contribution in [0.15, 0.2) is 59.5 Å². The number of aryl methyl sites for hydroxylation is 1. The van der Waals surface area contributed by atoms with Crippen LogP contribution >= 0.6 is 11.6 Å². The van der Waals surface area contributed by atoms with Crippen molar-refractivity contribution in [1.29, 1.82) is 0 Å². The lowest BCUT2D eigenvalue weighted by molar-refractivity contribution is -0.953. The number of aliphatic hydroxyl groups excluding tert-OH is 2. The number of halogens is 4. The van der Waals surface area contributed by atoms with Crippen molar-refractivity contribution in [3.63, 3.8) is 0 Å². The van der Waals surface area contributed by atoms with Gasteiger partial charge in [0.05, 0.1) is 38.1 Å². The maximum absolute atomic E-state index is 15.7. The summed E-state index contributed by atoms with van der Waals surface area (Å²) in [6, 6.07) is 10.6. The number of alkyl halides is 3. The Morgan fingerprint density at radius 3 is 2.40 bits per heavy atom. The zero-order valence-electron chi connectivity index (χ0n) is 28.9. The van der Waals surface area contributed by atoms with Gasteiger partial charge in [0.1, 0.15) is 29.0 Å². The molecule has 2 aliphatic heterocycles. The van der Waals surface area contributed by atoms with Crippen LogP contribution in [0.1, 0.15) is 42.4 Å². The number of anilines is 1. The van der Waals surface area contributed by atoms with Crippen LogP contribution in [-0.4, -0.2) is 94.9 Å². The van der Waals surface area contributed by atoms with Gasteiger partial charge >= 0.3 is 12.3 Å². The minimum atomic E-state index is -5.32. The number of nitrogens with zero attached hydrogens (tertiary/aromatic N) is 2. The first-order chi connectivity index (χ1) is 24.5. The summed E-state index contributed by atoms with van der Waals surface area (Å²) in [6.45, 7) is -0.213. The number of quaternary nitrogens is 1. The second kappa shape index (κ2) is 14.7. The molecule has 2 amide bonds. The molecule has 282 valence electrons. The van der Waals surface area contributed by atoms with Crippen LogP contribution in [0.25, 0.3) is 0 Å². The number of aliphatic hydroxyl groups is 2. The van der Waals surface area contributed by atoms with Crippen LogP contribution in [-0.2, 0) is 31.6 Å². The molecule has 2 heterocycles. The molecule has 3 aromatic carbocycles. The Morgan fingerprint density at radius 2 is 1.77 bits per heavy atom. The predicted octanol–water partition coefficient (Wildman–Crippen LogP) is 4.27. The molecule has 12 nitrogen and oxygen atoms in total. The van der Waals surface area contributed by atoms with Crippen molar-refractivity contribution in [1.82, 2.24) is 5.32 Å². The van der Waals surface area contributed by atoms with Gasteiger partial charge < -0.3 is 29.7 Å². The fourth-order valence-corrected chi connectivity index (χ4v) is 9.32. The van der Waals surface area contributed by atoms with Crippen molar-refractivity contribution < 1.29 is 60.1 Å². The molecular formula is C35H40ClF3N3O9S+. The van der Waals surface area contributed by atoms with Crippen molar-refractivity contribution in [2.45, 2.75) is 61.0 Å². The van der Waals surface area contributed by atoms with Crippen molar-refractivity contribution >= 4 is 39.1 Å². The van der Waals surface area contributed by atoms with E-state index in [9.17, 15) is 36.6 Å². The molecule has 1 fully saturated rings. The third kappa shape index (κ3) is 6.66. The molecule has 5 rings (SSSR count). The number of benzene rings is 3. The van der Waals surface area contributed by atoms with Gasteiger partial charge in [0.2, 0.25) is 5.54 Å². The van der Waals surface area contributed by atoms with Gasteiger partial charge in [-0.15, -0.1) is 13.2 Å². The van der Waals surface area contributed by atoms with Crippen LogP contribution < -0.4 is 23.8 Å². The number of likely N-dealkylation sites (tertiary alicyclic amines) is 1. The van der Waals surface area contributed by atoms with E-state index in [1.165, 1.54) is 39.5 Å². The van der Waals surface area contributed by atoms with Crippen molar-refractivity contribution in [2.75, 3.05) is 45.8 Å². The highest BCUT2D eigenvalue weighted by Crippen LogP contribution is 2.58. The third-order valence-corrected chi connectivity index (χ3v) is 11.8. The Labute approximate surface area is 304 Å². The SMILES string of the molecule is CNC(=O)[C@@H]1C[C@@H](O)C[N+]1(C)C1(c2cc(CCCCCO)ccc2OC)C(=O)N(S(=O)(=O)c2ccc(OC)cc2OC(F)(F)F)c2ccc(Cl)cc21. The number of ether oxygens (including phenoxy) is 3. The maximum Gasteiger partial charge on any atom is 0.573 e. The molecule has 52 heavy (non-hydrogen) atoms. The molecule has 0 radical (unpaired) electrons. The number of carbonyl (C=O) groups excluding carboxylic acids is 2. The van der Waals surface area contributed by atoms with E-state index in [4.69, 9.17) is 21.1 Å². The average Bonchev–Trinajstić information content (AvgIpc) is 3.55. The number of hydrogen-bond donors (Lipinski definition) is 3. The first-order valence-electron chi connectivity index (χ1n) is 16.4. The Bertz CT molecular complexity index is 1970. The molecule has 0 spiro atoms. The summed E-state index contributed by atoms with van der Waals surface area (Å²) in [7, 11) is 0.204. The third-order valence-electron chi connectivity index (χ3n) is 9.82. The molecule has 3 N–H and O–H groups in total. The quantitative estimate of drug-likeness (QED) is 0.171. The minimum absolute atomic E-state index is 0.0102. The molecule has 2 unspecified atom stereocenters. The molecule has 3 aromatic rings. The van der Waals surface area contributed by atoms with Gasteiger partial charge in [0, 0.05) is 31.2 Å². The van der Waals surface area contributed by atoms with E-state index >= 15 is 4.79 Å². The van der Waals surface area contributed by atoms with Gasteiger partial charge in [-0.3, -0.25) is 14.1 Å². The number of fused-ring (bicyclic) bond motifs is 1. The predicted molar refractivity (Wildman–Crippen MR) is 184 cm³/mol. The zero-order chi connectivity index (χ0) is 38.2. The van der Waals surface area contributed by atoms with Gasteiger partial charge in [0.25, 0.3) is 15.9 Å². The maximum atomic E-state index is 15.7. The number of amides is 2. The highest BCUT2D eigenvalue weighted by Gasteiger charge is 2.72. The van der Waals surface area contributed by atoms with Crippen LogP contribution in [0.5, 0.6) is 17.2 Å². The Hall–Kier alpha value is -4.09. The molecule has 1 saturated heterocycles. The normalized spacial score (nSPS) is 23.0. The number of rotatable bonds is 13. The van der Waals surface area contributed by atoms with E-state index in [1.807, 2.05) is 0 Å². The number of methoxy groups -OCH3 is 2. The first-order valence-corrected chi connectivity index (χ1v) is 18.2. The van der Waals surface area contributed by atoms with Crippen LogP contribution in [0.2, 0.25) is 5.02 Å². The molecule has 4 atom stereocenters. The number of likely N-dealkylation sites (N-methyl/N-ethyl adjacent to an activating group) is 2. The molecule has 0 aromatic heterocycles. The van der Waals surface area contributed by atoms with Crippen molar-refractivity contribution in [3.8, 4) is 17.2 Å². The average molecular weight is 771 g/mol. The highest BCUT2D eigenvalue weighted by atomic mass is 35.5. The number of nitrogens with one attached hydrogen (secondary N) is 1. The molecule has 17 heteroatoms. The number of sulfonamides is 1. The largest absolute Gasteiger partial charge is 0.573 e. The molecule has 2 aliphatic rings. The number of hydrogen-bond acceptors (Lipinski definition) is 9. The molecular weight excluding hydrogens is 731 g/mol. The van der Waals surface area contributed by atoms with Crippen LogP contribution in [0.3, 0.4) is 0 Å². The van der Waals surface area contributed by atoms with Crippen LogP contribution in [0, 0.1) is 0 Å². The van der Waals surface area contributed by atoms with Crippen molar-refractivity contribution in [2.24, 2.45) is 0 Å². The van der Waals surface area contributed by atoms with E-state index in [-0.39, 0.29) is 52.9 Å². The second-order valence-electron chi connectivity index (χ2n) is 12.8. The van der Waals surface area contributed by atoms with E-state index in [2.05, 4.69) is 10.1 Å². The lowest BCUT2D eigenvalue weighted by atomic mass is 9.78. The number of unbranched alkanes of at least 4 members (excludes halogenated alkanes) is 2.